The summed E-state index contributed by atoms with van der Waals surface area (Å²) in [4.78, 5) is 10.6. The number of allylic oxidation sites excluding steroid dienone is 3. The summed E-state index contributed by atoms with van der Waals surface area (Å²) in [6.45, 7) is 6.28. The Labute approximate surface area is 73.9 Å². The minimum atomic E-state index is -0.325. The Morgan fingerprint density at radius 3 is 2.25 bits per heavy atom. The molecule has 2 heteroatoms. The lowest BCUT2D eigenvalue weighted by Crippen LogP contribution is -1.98. The van der Waals surface area contributed by atoms with E-state index < -0.39 is 0 Å². The molecule has 0 rings (SSSR count). The van der Waals surface area contributed by atoms with Crippen molar-refractivity contribution in [3.05, 3.63) is 24.3 Å². The predicted octanol–water partition coefficient (Wildman–Crippen LogP) is 2.32. The van der Waals surface area contributed by atoms with E-state index in [-0.39, 0.29) is 11.4 Å². The maximum Gasteiger partial charge on any atom is 0.330 e. The van der Waals surface area contributed by atoms with Crippen molar-refractivity contribution in [3.8, 4) is 0 Å². The summed E-state index contributed by atoms with van der Waals surface area (Å²) < 4.78 is 4.42. The summed E-state index contributed by atoms with van der Waals surface area (Å²) in [5.74, 6) is -0.325. The van der Waals surface area contributed by atoms with Crippen molar-refractivity contribution in [2.24, 2.45) is 5.41 Å². The molecule has 0 N–H and O–H groups in total. The van der Waals surface area contributed by atoms with E-state index in [0.717, 1.165) is 0 Å². The molecule has 0 atom stereocenters. The molecule has 12 heavy (non-hydrogen) atoms. The largest absolute Gasteiger partial charge is 0.466 e. The van der Waals surface area contributed by atoms with Gasteiger partial charge in [0.15, 0.2) is 0 Å². The van der Waals surface area contributed by atoms with Crippen molar-refractivity contribution < 1.29 is 9.53 Å². The molecule has 0 aliphatic carbocycles. The molecule has 0 radical (unpaired) electrons. The molecule has 0 fully saturated rings. The fourth-order valence-electron chi connectivity index (χ4n) is 0.546. The van der Waals surface area contributed by atoms with Crippen LogP contribution in [0.25, 0.3) is 0 Å². The second-order valence-electron chi connectivity index (χ2n) is 3.61. The van der Waals surface area contributed by atoms with E-state index in [1.807, 2.05) is 12.2 Å². The van der Waals surface area contributed by atoms with Crippen LogP contribution in [0.5, 0.6) is 0 Å². The van der Waals surface area contributed by atoms with Gasteiger partial charge in [-0.15, -0.1) is 0 Å². The highest BCUT2D eigenvalue weighted by molar-refractivity contribution is 5.82. The summed E-state index contributed by atoms with van der Waals surface area (Å²) in [6.07, 6.45) is 6.93. The third kappa shape index (κ3) is 7.06. The summed E-state index contributed by atoms with van der Waals surface area (Å²) in [7, 11) is 1.36. The standard InChI is InChI=1S/C10H16O2/c1-10(2,3)8-6-5-7-9(11)12-4/h5-8H,1-4H3/b7-5-,8-6+. The lowest BCUT2D eigenvalue weighted by molar-refractivity contribution is -0.134. The number of esters is 1. The monoisotopic (exact) mass is 168 g/mol. The first-order valence-corrected chi connectivity index (χ1v) is 3.89. The molecular weight excluding hydrogens is 152 g/mol. The van der Waals surface area contributed by atoms with Crippen LogP contribution in [0.15, 0.2) is 24.3 Å². The minimum absolute atomic E-state index is 0.153. The Kier molecular flexibility index (Phi) is 4.34. The number of carbonyl (C=O) groups excluding carboxylic acids is 1. The Hall–Kier alpha value is -1.05. The van der Waals surface area contributed by atoms with Crippen LogP contribution < -0.4 is 0 Å². The molecule has 0 bridgehead atoms. The first-order chi connectivity index (χ1) is 5.45. The molecule has 0 aliphatic heterocycles. The highest BCUT2D eigenvalue weighted by Gasteiger charge is 2.01. The molecule has 0 unspecified atom stereocenters. The van der Waals surface area contributed by atoms with Crippen molar-refractivity contribution >= 4 is 5.97 Å². The van der Waals surface area contributed by atoms with E-state index >= 15 is 0 Å². The molecule has 0 spiro atoms. The van der Waals surface area contributed by atoms with Crippen LogP contribution in [0.4, 0.5) is 0 Å². The van der Waals surface area contributed by atoms with Crippen LogP contribution in [-0.2, 0) is 9.53 Å². The summed E-state index contributed by atoms with van der Waals surface area (Å²) in [5, 5.41) is 0. The third-order valence-electron chi connectivity index (χ3n) is 1.14. The maximum absolute atomic E-state index is 10.6. The van der Waals surface area contributed by atoms with E-state index in [2.05, 4.69) is 25.5 Å². The number of hydrogen-bond donors (Lipinski definition) is 0. The van der Waals surface area contributed by atoms with Gasteiger partial charge in [-0.05, 0) is 5.41 Å². The number of hydrogen-bond acceptors (Lipinski definition) is 2. The van der Waals surface area contributed by atoms with Crippen LogP contribution in [0.3, 0.4) is 0 Å². The van der Waals surface area contributed by atoms with Crippen LogP contribution in [0.2, 0.25) is 0 Å². The molecule has 0 amide bonds. The van der Waals surface area contributed by atoms with Crippen LogP contribution in [0.1, 0.15) is 20.8 Å². The van der Waals surface area contributed by atoms with E-state index in [9.17, 15) is 4.79 Å². The van der Waals surface area contributed by atoms with E-state index in [1.165, 1.54) is 13.2 Å². The quantitative estimate of drug-likeness (QED) is 0.359. The zero-order valence-corrected chi connectivity index (χ0v) is 8.13. The normalized spacial score (nSPS) is 12.7. The van der Waals surface area contributed by atoms with Gasteiger partial charge in [0.2, 0.25) is 0 Å². The Morgan fingerprint density at radius 2 is 1.83 bits per heavy atom. The lowest BCUT2D eigenvalue weighted by Gasteiger charge is -2.09. The predicted molar refractivity (Wildman–Crippen MR) is 49.8 cm³/mol. The zero-order chi connectivity index (χ0) is 9.61. The van der Waals surface area contributed by atoms with Crippen molar-refractivity contribution in [1.29, 1.82) is 0 Å². The summed E-state index contributed by atoms with van der Waals surface area (Å²) in [6, 6.07) is 0. The molecule has 0 aromatic carbocycles. The number of ether oxygens (including phenoxy) is 1. The second-order valence-corrected chi connectivity index (χ2v) is 3.61. The van der Waals surface area contributed by atoms with Crippen LogP contribution >= 0.6 is 0 Å². The fraction of sp³-hybridized carbons (Fsp3) is 0.500. The van der Waals surface area contributed by atoms with Gasteiger partial charge < -0.3 is 4.74 Å². The highest BCUT2D eigenvalue weighted by Crippen LogP contribution is 2.14. The molecule has 0 aromatic heterocycles. The molecule has 0 heterocycles. The van der Waals surface area contributed by atoms with Gasteiger partial charge in [0.05, 0.1) is 7.11 Å². The Morgan fingerprint density at radius 1 is 1.25 bits per heavy atom. The summed E-state index contributed by atoms with van der Waals surface area (Å²) in [5.41, 5.74) is 0.153. The van der Waals surface area contributed by atoms with Gasteiger partial charge in [0.1, 0.15) is 0 Å². The maximum atomic E-state index is 10.6. The van der Waals surface area contributed by atoms with Gasteiger partial charge in [-0.1, -0.05) is 39.0 Å². The van der Waals surface area contributed by atoms with Crippen molar-refractivity contribution in [2.75, 3.05) is 7.11 Å². The first kappa shape index (κ1) is 11.0. The van der Waals surface area contributed by atoms with E-state index in [0.29, 0.717) is 0 Å². The number of carbonyl (C=O) groups is 1. The van der Waals surface area contributed by atoms with Crippen LogP contribution in [0, 0.1) is 5.41 Å². The smallest absolute Gasteiger partial charge is 0.330 e. The lowest BCUT2D eigenvalue weighted by atomic mass is 9.96. The zero-order valence-electron chi connectivity index (χ0n) is 8.13. The Balaban J connectivity index is 3.90. The fourth-order valence-corrected chi connectivity index (χ4v) is 0.546. The van der Waals surface area contributed by atoms with Gasteiger partial charge in [-0.3, -0.25) is 0 Å². The van der Waals surface area contributed by atoms with E-state index in [4.69, 9.17) is 0 Å². The molecule has 0 saturated carbocycles. The van der Waals surface area contributed by atoms with Gasteiger partial charge >= 0.3 is 5.97 Å². The summed E-state index contributed by atoms with van der Waals surface area (Å²) >= 11 is 0. The molecule has 0 aromatic rings. The minimum Gasteiger partial charge on any atom is -0.466 e. The molecule has 0 aliphatic rings. The third-order valence-corrected chi connectivity index (χ3v) is 1.14. The first-order valence-electron chi connectivity index (χ1n) is 3.89. The van der Waals surface area contributed by atoms with Crippen LogP contribution in [-0.4, -0.2) is 13.1 Å². The number of methoxy groups -OCH3 is 1. The molecule has 68 valence electrons. The SMILES string of the molecule is COC(=O)/C=C\C=C\C(C)(C)C. The molecule has 2 nitrogen and oxygen atoms in total. The topological polar surface area (TPSA) is 26.3 Å². The number of rotatable bonds is 2. The molecular formula is C10H16O2. The average Bonchev–Trinajstić information content (AvgIpc) is 1.96. The van der Waals surface area contributed by atoms with Crippen molar-refractivity contribution in [1.82, 2.24) is 0 Å². The van der Waals surface area contributed by atoms with E-state index in [1.54, 1.807) is 6.08 Å². The Bertz CT molecular complexity index is 194. The van der Waals surface area contributed by atoms with Gasteiger partial charge in [0, 0.05) is 6.08 Å². The van der Waals surface area contributed by atoms with Gasteiger partial charge in [-0.2, -0.15) is 0 Å². The van der Waals surface area contributed by atoms with Gasteiger partial charge in [0.25, 0.3) is 0 Å². The molecule has 0 saturated heterocycles. The van der Waals surface area contributed by atoms with Gasteiger partial charge in [-0.25, -0.2) is 4.79 Å². The highest BCUT2D eigenvalue weighted by atomic mass is 16.5. The average molecular weight is 168 g/mol. The second kappa shape index (κ2) is 4.75. The van der Waals surface area contributed by atoms with Crippen molar-refractivity contribution in [3.63, 3.8) is 0 Å². The van der Waals surface area contributed by atoms with Crippen molar-refractivity contribution in [2.45, 2.75) is 20.8 Å².